The highest BCUT2D eigenvalue weighted by Crippen LogP contribution is 2.40. The predicted octanol–water partition coefficient (Wildman–Crippen LogP) is 4.99. The second-order valence-electron chi connectivity index (χ2n) is 13.0. The molecule has 0 radical (unpaired) electrons. The number of carbonyl (C=O) groups is 3. The van der Waals surface area contributed by atoms with E-state index in [-0.39, 0.29) is 43.2 Å². The Morgan fingerprint density at radius 1 is 1.00 bits per heavy atom. The van der Waals surface area contributed by atoms with Gasteiger partial charge < -0.3 is 34.6 Å². The maximum absolute atomic E-state index is 13.9. The third-order valence-electron chi connectivity index (χ3n) is 9.95. The average molecular weight is 708 g/mol. The number of para-hydroxylation sites is 1. The molecule has 2 aromatic rings. The largest absolute Gasteiger partial charge is 0.506 e. The van der Waals surface area contributed by atoms with E-state index in [9.17, 15) is 32.7 Å². The molecular weight excluding hydrogens is 667 g/mol. The van der Waals surface area contributed by atoms with Crippen LogP contribution in [0, 0.1) is 0 Å². The Hall–Kier alpha value is -3.75. The fraction of sp³-hybridized carbons (Fsp3) is 0.559. The van der Waals surface area contributed by atoms with Crippen LogP contribution in [-0.2, 0) is 33.3 Å². The summed E-state index contributed by atoms with van der Waals surface area (Å²) in [5.41, 5.74) is 0.495. The average Bonchev–Trinajstić information content (AvgIpc) is 3.27. The van der Waals surface area contributed by atoms with Crippen molar-refractivity contribution in [2.24, 2.45) is 0 Å². The van der Waals surface area contributed by atoms with Gasteiger partial charge in [0, 0.05) is 76.6 Å². The van der Waals surface area contributed by atoms with Crippen LogP contribution in [0.5, 0.6) is 5.75 Å². The predicted molar refractivity (Wildman–Crippen MR) is 175 cm³/mol. The molecule has 49 heavy (non-hydrogen) atoms. The number of piperidine rings is 1. The summed E-state index contributed by atoms with van der Waals surface area (Å²) in [7, 11) is 0. The number of nitrogens with zero attached hydrogens (tertiary/aromatic N) is 4. The number of anilines is 1. The summed E-state index contributed by atoms with van der Waals surface area (Å²) < 4.78 is 52.5. The second kappa shape index (κ2) is 15.0. The third-order valence-corrected chi connectivity index (χ3v) is 10.2. The number of amides is 4. The highest BCUT2D eigenvalue weighted by molar-refractivity contribution is 6.32. The summed E-state index contributed by atoms with van der Waals surface area (Å²) in [4.78, 5) is 47.5. The molecule has 15 heteroatoms. The number of fused-ring (bicyclic) bond motifs is 1. The molecule has 4 aliphatic rings. The van der Waals surface area contributed by atoms with Gasteiger partial charge in [0.2, 0.25) is 0 Å². The van der Waals surface area contributed by atoms with Crippen LogP contribution >= 0.6 is 11.6 Å². The van der Waals surface area contributed by atoms with Crippen LogP contribution in [0.1, 0.15) is 42.4 Å². The van der Waals surface area contributed by atoms with Crippen LogP contribution in [0.25, 0.3) is 0 Å². The van der Waals surface area contributed by atoms with Gasteiger partial charge >= 0.3 is 18.3 Å². The molecule has 0 aromatic heterocycles. The molecule has 4 amide bonds. The monoisotopic (exact) mass is 707 g/mol. The van der Waals surface area contributed by atoms with Gasteiger partial charge in [0.15, 0.2) is 6.10 Å². The van der Waals surface area contributed by atoms with E-state index in [1.165, 1.54) is 4.90 Å². The summed E-state index contributed by atoms with van der Waals surface area (Å²) in [5.74, 6) is -1.62. The van der Waals surface area contributed by atoms with E-state index in [2.05, 4.69) is 10.2 Å². The molecule has 266 valence electrons. The zero-order chi connectivity index (χ0) is 34.7. The molecule has 0 spiro atoms. The molecule has 2 aromatic carbocycles. The summed E-state index contributed by atoms with van der Waals surface area (Å²) in [6, 6.07) is 9.49. The van der Waals surface area contributed by atoms with E-state index in [4.69, 9.17) is 21.1 Å². The number of aromatic hydroxyl groups is 1. The summed E-state index contributed by atoms with van der Waals surface area (Å²) >= 11 is 5.97. The van der Waals surface area contributed by atoms with Crippen molar-refractivity contribution in [1.82, 2.24) is 19.6 Å². The number of likely N-dealkylation sites (tertiary alicyclic amines) is 1. The van der Waals surface area contributed by atoms with Crippen molar-refractivity contribution in [3.05, 3.63) is 58.1 Å². The van der Waals surface area contributed by atoms with Crippen molar-refractivity contribution in [2.75, 3.05) is 64.3 Å². The van der Waals surface area contributed by atoms with Crippen molar-refractivity contribution >= 4 is 35.3 Å². The standard InChI is InChI=1S/C34H41ClF3N5O6/c35-27-19-22(18-26(30(27)44)34(36,37)38)20-29(31(45)41-15-13-40(14-16-41)25-5-3-17-48-21-25)49-33(47)42-10-8-24(9-11-42)43-12-7-23-4-1-2-6-28(23)39-32(43)46/h1-2,4,6,18-19,24-25,29,44H,3,5,7-17,20-21H2,(H,39,46)/t25?,29-/m1/s1. The number of halogens is 4. The van der Waals surface area contributed by atoms with Crippen LogP contribution in [-0.4, -0.2) is 120 Å². The van der Waals surface area contributed by atoms with Crippen LogP contribution in [0.2, 0.25) is 5.02 Å². The highest BCUT2D eigenvalue weighted by atomic mass is 35.5. The van der Waals surface area contributed by atoms with E-state index in [1.807, 2.05) is 24.3 Å². The van der Waals surface area contributed by atoms with Crippen molar-refractivity contribution in [2.45, 2.75) is 62.9 Å². The van der Waals surface area contributed by atoms with Gasteiger partial charge in [-0.25, -0.2) is 9.59 Å². The van der Waals surface area contributed by atoms with Gasteiger partial charge in [-0.3, -0.25) is 9.69 Å². The lowest BCUT2D eigenvalue weighted by atomic mass is 10.0. The molecule has 4 heterocycles. The minimum atomic E-state index is -4.89. The van der Waals surface area contributed by atoms with Crippen molar-refractivity contribution in [3.8, 4) is 5.75 Å². The Bertz CT molecular complexity index is 1520. The van der Waals surface area contributed by atoms with E-state index in [0.29, 0.717) is 58.6 Å². The van der Waals surface area contributed by atoms with Gasteiger partial charge in [0.1, 0.15) is 5.75 Å². The lowest BCUT2D eigenvalue weighted by molar-refractivity contribution is -0.143. The number of carbonyl (C=O) groups excluding carboxylic acids is 3. The lowest BCUT2D eigenvalue weighted by Gasteiger charge is -2.41. The number of alkyl halides is 3. The number of benzene rings is 2. The topological polar surface area (TPSA) is 115 Å². The molecule has 2 N–H and O–H groups in total. The number of phenolic OH excluding ortho intramolecular Hbond substituents is 1. The third kappa shape index (κ3) is 8.18. The molecule has 4 aliphatic heterocycles. The molecule has 1 unspecified atom stereocenters. The summed E-state index contributed by atoms with van der Waals surface area (Å²) in [6.07, 6.45) is -3.79. The van der Waals surface area contributed by atoms with Crippen LogP contribution < -0.4 is 5.32 Å². The Balaban J connectivity index is 1.12. The number of rotatable bonds is 6. The first-order valence-corrected chi connectivity index (χ1v) is 17.2. The minimum absolute atomic E-state index is 0.00820. The maximum atomic E-state index is 13.9. The van der Waals surface area contributed by atoms with Crippen molar-refractivity contribution in [1.29, 1.82) is 0 Å². The number of piperazine rings is 1. The summed E-state index contributed by atoms with van der Waals surface area (Å²) in [6.45, 7) is 4.34. The van der Waals surface area contributed by atoms with E-state index < -0.39 is 40.6 Å². The second-order valence-corrected chi connectivity index (χ2v) is 13.4. The molecule has 3 saturated heterocycles. The number of nitrogens with one attached hydrogen (secondary N) is 1. The van der Waals surface area contributed by atoms with Crippen LogP contribution in [0.4, 0.5) is 28.4 Å². The quantitative estimate of drug-likeness (QED) is 0.435. The Morgan fingerprint density at radius 3 is 2.43 bits per heavy atom. The van der Waals surface area contributed by atoms with Crippen molar-refractivity contribution < 1.29 is 42.1 Å². The number of urea groups is 1. The van der Waals surface area contributed by atoms with E-state index in [0.717, 1.165) is 42.8 Å². The number of phenols is 1. The molecule has 2 atom stereocenters. The normalized spacial score (nSPS) is 21.8. The summed E-state index contributed by atoms with van der Waals surface area (Å²) in [5, 5.41) is 12.4. The smallest absolute Gasteiger partial charge is 0.420 e. The molecule has 0 saturated carbocycles. The van der Waals surface area contributed by atoms with E-state index in [1.54, 1.807) is 9.80 Å². The number of hydrogen-bond donors (Lipinski definition) is 2. The molecule has 3 fully saturated rings. The maximum Gasteiger partial charge on any atom is 0.420 e. The van der Waals surface area contributed by atoms with Gasteiger partial charge in [-0.1, -0.05) is 29.8 Å². The van der Waals surface area contributed by atoms with Gasteiger partial charge in [-0.15, -0.1) is 0 Å². The Labute approximate surface area is 287 Å². The fourth-order valence-electron chi connectivity index (χ4n) is 7.20. The van der Waals surface area contributed by atoms with Gasteiger partial charge in [-0.2, -0.15) is 13.2 Å². The number of ether oxygens (including phenoxy) is 2. The van der Waals surface area contributed by atoms with E-state index >= 15 is 0 Å². The lowest BCUT2D eigenvalue weighted by Crippen LogP contribution is -2.56. The Morgan fingerprint density at radius 2 is 1.73 bits per heavy atom. The molecule has 0 aliphatic carbocycles. The van der Waals surface area contributed by atoms with Gasteiger partial charge in [0.05, 0.1) is 17.2 Å². The fourth-order valence-corrected chi connectivity index (χ4v) is 7.44. The minimum Gasteiger partial charge on any atom is -0.506 e. The zero-order valence-electron chi connectivity index (χ0n) is 27.1. The van der Waals surface area contributed by atoms with Crippen LogP contribution in [0.15, 0.2) is 36.4 Å². The first-order valence-electron chi connectivity index (χ1n) is 16.8. The molecule has 11 nitrogen and oxygen atoms in total. The zero-order valence-corrected chi connectivity index (χ0v) is 27.8. The first kappa shape index (κ1) is 35.1. The highest BCUT2D eigenvalue weighted by Gasteiger charge is 2.38. The van der Waals surface area contributed by atoms with Gasteiger partial charge in [0.25, 0.3) is 5.91 Å². The van der Waals surface area contributed by atoms with Gasteiger partial charge in [-0.05, 0) is 61.4 Å². The number of hydrogen-bond acceptors (Lipinski definition) is 7. The van der Waals surface area contributed by atoms with Crippen LogP contribution in [0.3, 0.4) is 0 Å². The Kier molecular flexibility index (Phi) is 10.8. The molecule has 6 rings (SSSR count). The molecule has 0 bridgehead atoms. The van der Waals surface area contributed by atoms with Crippen molar-refractivity contribution in [3.63, 3.8) is 0 Å². The first-order chi connectivity index (χ1) is 23.5. The molecular formula is C34H41ClF3N5O6. The SMILES string of the molecule is O=C(O[C@H](Cc1cc(Cl)c(O)c(C(F)(F)F)c1)C(=O)N1CCN(C2CCCOC2)CC1)N1CCC(N2CCc3ccccc3NC2=O)CC1.